The highest BCUT2D eigenvalue weighted by Gasteiger charge is 2.16. The lowest BCUT2D eigenvalue weighted by Gasteiger charge is -2.33. The smallest absolute Gasteiger partial charge is 0.252 e. The molecule has 4 N–H and O–H groups in total. The van der Waals surface area contributed by atoms with Gasteiger partial charge in [0, 0.05) is 73.7 Å². The number of pyridine rings is 2. The molecule has 11 heteroatoms. The molecule has 5 aromatic rings. The first-order chi connectivity index (χ1) is 17.0. The van der Waals surface area contributed by atoms with Crippen molar-refractivity contribution in [2.45, 2.75) is 0 Å². The molecule has 1 fully saturated rings. The number of H-pyrrole nitrogens is 1. The van der Waals surface area contributed by atoms with E-state index in [2.05, 4.69) is 47.2 Å². The minimum absolute atomic E-state index is 0.378. The maximum Gasteiger partial charge on any atom is 0.252 e. The fraction of sp³-hybridized carbons (Fsp3) is 0.208. The fourth-order valence-electron chi connectivity index (χ4n) is 4.38. The number of primary amides is 1. The van der Waals surface area contributed by atoms with Gasteiger partial charge in [0.25, 0.3) is 5.91 Å². The number of nitrogens with zero attached hydrogens (tertiary/aromatic N) is 7. The van der Waals surface area contributed by atoms with Crippen molar-refractivity contribution in [1.82, 2.24) is 34.4 Å². The Kier molecular flexibility index (Phi) is 5.03. The van der Waals surface area contributed by atoms with E-state index in [4.69, 9.17) is 5.73 Å². The van der Waals surface area contributed by atoms with Crippen LogP contribution in [0.2, 0.25) is 0 Å². The molecule has 0 spiro atoms. The molecule has 11 nitrogen and oxygen atoms in total. The highest BCUT2D eigenvalue weighted by molar-refractivity contribution is 6.01. The Morgan fingerprint density at radius 3 is 2.80 bits per heavy atom. The zero-order valence-corrected chi connectivity index (χ0v) is 19.1. The third-order valence-electron chi connectivity index (χ3n) is 6.36. The number of amides is 1. The summed E-state index contributed by atoms with van der Waals surface area (Å²) in [6.45, 7) is 3.94. The summed E-state index contributed by atoms with van der Waals surface area (Å²) in [5, 5.41) is 8.34. The second-order valence-corrected chi connectivity index (χ2v) is 8.64. The summed E-state index contributed by atoms with van der Waals surface area (Å²) in [6.07, 6.45) is 8.75. The van der Waals surface area contributed by atoms with Crippen molar-refractivity contribution in [3.63, 3.8) is 0 Å². The van der Waals surface area contributed by atoms with Gasteiger partial charge in [-0.15, -0.1) is 0 Å². The first-order valence-electron chi connectivity index (χ1n) is 11.3. The van der Waals surface area contributed by atoms with Crippen LogP contribution >= 0.6 is 0 Å². The van der Waals surface area contributed by atoms with Crippen LogP contribution in [0, 0.1) is 0 Å². The maximum atomic E-state index is 11.7. The topological polar surface area (TPSA) is 133 Å². The molecule has 6 heterocycles. The number of nitrogens with two attached hydrogens (primary N) is 1. The van der Waals surface area contributed by atoms with E-state index in [1.807, 2.05) is 30.5 Å². The molecule has 1 saturated heterocycles. The first-order valence-corrected chi connectivity index (χ1v) is 11.3. The molecule has 0 saturated carbocycles. The molecule has 0 aliphatic carbocycles. The summed E-state index contributed by atoms with van der Waals surface area (Å²) in [4.78, 5) is 33.3. The second-order valence-electron chi connectivity index (χ2n) is 8.64. The van der Waals surface area contributed by atoms with Crippen molar-refractivity contribution in [3.8, 4) is 11.1 Å². The number of fused-ring (bicyclic) bond motifs is 2. The summed E-state index contributed by atoms with van der Waals surface area (Å²) in [5.74, 6) is 0.919. The van der Waals surface area contributed by atoms with E-state index >= 15 is 0 Å². The molecular formula is C24H24N10O. The number of likely N-dealkylation sites (N-methyl/N-ethyl adjacent to an activating group) is 1. The molecule has 0 radical (unpaired) electrons. The molecule has 35 heavy (non-hydrogen) atoms. The van der Waals surface area contributed by atoms with Gasteiger partial charge < -0.3 is 25.8 Å². The summed E-state index contributed by atoms with van der Waals surface area (Å²) in [6, 6.07) is 7.75. The van der Waals surface area contributed by atoms with Gasteiger partial charge in [0.2, 0.25) is 5.95 Å². The number of rotatable bonds is 5. The van der Waals surface area contributed by atoms with Crippen LogP contribution in [0.25, 0.3) is 27.7 Å². The SMILES string of the molecule is CN1CCN(c2cc(Nc3ncc4c(-c5ccn6ncc(C(N)=O)c6c5)c[nH]c4n3)ccn2)CC1. The number of carbonyl (C=O) groups excluding carboxylic acids is 1. The Balaban J connectivity index is 1.27. The number of carbonyl (C=O) groups is 1. The number of hydrogen-bond acceptors (Lipinski definition) is 8. The highest BCUT2D eigenvalue weighted by Crippen LogP contribution is 2.30. The molecular weight excluding hydrogens is 444 g/mol. The molecule has 0 bridgehead atoms. The van der Waals surface area contributed by atoms with Crippen molar-refractivity contribution >= 4 is 39.9 Å². The summed E-state index contributed by atoms with van der Waals surface area (Å²) in [5.41, 5.74) is 9.93. The van der Waals surface area contributed by atoms with Gasteiger partial charge in [0.05, 0.1) is 17.3 Å². The first kappa shape index (κ1) is 21.1. The Labute approximate surface area is 200 Å². The molecule has 0 atom stereocenters. The number of piperazine rings is 1. The van der Waals surface area contributed by atoms with E-state index in [-0.39, 0.29) is 0 Å². The highest BCUT2D eigenvalue weighted by atomic mass is 16.1. The monoisotopic (exact) mass is 468 g/mol. The van der Waals surface area contributed by atoms with Crippen LogP contribution in [0.3, 0.4) is 0 Å². The predicted molar refractivity (Wildman–Crippen MR) is 134 cm³/mol. The van der Waals surface area contributed by atoms with Crippen molar-refractivity contribution in [1.29, 1.82) is 0 Å². The number of aromatic amines is 1. The van der Waals surface area contributed by atoms with Crippen LogP contribution in [0.1, 0.15) is 10.4 Å². The lowest BCUT2D eigenvalue weighted by Crippen LogP contribution is -2.44. The molecule has 6 rings (SSSR count). The predicted octanol–water partition coefficient (Wildman–Crippen LogP) is 2.26. The summed E-state index contributed by atoms with van der Waals surface area (Å²) >= 11 is 0. The zero-order chi connectivity index (χ0) is 23.9. The molecule has 1 amide bonds. The van der Waals surface area contributed by atoms with Crippen LogP contribution < -0.4 is 16.0 Å². The van der Waals surface area contributed by atoms with Gasteiger partial charge in [-0.3, -0.25) is 4.79 Å². The van der Waals surface area contributed by atoms with Crippen LogP contribution in [0.5, 0.6) is 0 Å². The second kappa shape index (κ2) is 8.37. The van der Waals surface area contributed by atoms with Crippen LogP contribution in [-0.2, 0) is 0 Å². The van der Waals surface area contributed by atoms with Crippen molar-refractivity contribution in [3.05, 3.63) is 60.8 Å². The number of aromatic nitrogens is 6. The molecule has 0 aromatic carbocycles. The lowest BCUT2D eigenvalue weighted by molar-refractivity contribution is 0.100. The van der Waals surface area contributed by atoms with E-state index in [0.717, 1.165) is 54.2 Å². The van der Waals surface area contributed by atoms with Crippen molar-refractivity contribution < 1.29 is 4.79 Å². The van der Waals surface area contributed by atoms with Gasteiger partial charge in [-0.25, -0.2) is 14.5 Å². The van der Waals surface area contributed by atoms with Gasteiger partial charge >= 0.3 is 0 Å². The Morgan fingerprint density at radius 1 is 1.11 bits per heavy atom. The molecule has 0 unspecified atom stereocenters. The third kappa shape index (κ3) is 3.91. The van der Waals surface area contributed by atoms with Gasteiger partial charge in [-0.05, 0) is 30.8 Å². The number of hydrogen-bond donors (Lipinski definition) is 3. The Bertz CT molecular complexity index is 1550. The van der Waals surface area contributed by atoms with Gasteiger partial charge in [-0.1, -0.05) is 0 Å². The van der Waals surface area contributed by atoms with Gasteiger partial charge in [0.15, 0.2) is 0 Å². The largest absolute Gasteiger partial charge is 0.365 e. The summed E-state index contributed by atoms with van der Waals surface area (Å²) in [7, 11) is 2.14. The Hall–Kier alpha value is -4.51. The fourth-order valence-corrected chi connectivity index (χ4v) is 4.38. The van der Waals surface area contributed by atoms with Gasteiger partial charge in [0.1, 0.15) is 11.5 Å². The minimum atomic E-state index is -0.512. The number of anilines is 3. The Morgan fingerprint density at radius 2 is 1.97 bits per heavy atom. The lowest BCUT2D eigenvalue weighted by atomic mass is 10.1. The van der Waals surface area contributed by atoms with E-state index in [1.54, 1.807) is 23.1 Å². The molecule has 5 aromatic heterocycles. The molecule has 1 aliphatic heterocycles. The van der Waals surface area contributed by atoms with Crippen molar-refractivity contribution in [2.24, 2.45) is 5.73 Å². The molecule has 176 valence electrons. The normalized spacial score (nSPS) is 14.6. The van der Waals surface area contributed by atoms with Crippen molar-refractivity contribution in [2.75, 3.05) is 43.4 Å². The quantitative estimate of drug-likeness (QED) is 0.358. The maximum absolute atomic E-state index is 11.7. The minimum Gasteiger partial charge on any atom is -0.365 e. The van der Waals surface area contributed by atoms with Crippen LogP contribution in [-0.4, -0.2) is 73.6 Å². The van der Waals surface area contributed by atoms with E-state index in [1.165, 1.54) is 6.20 Å². The average molecular weight is 469 g/mol. The zero-order valence-electron chi connectivity index (χ0n) is 19.1. The van der Waals surface area contributed by atoms with E-state index in [0.29, 0.717) is 22.7 Å². The van der Waals surface area contributed by atoms with Crippen LogP contribution in [0.4, 0.5) is 17.5 Å². The number of nitrogens with one attached hydrogen (secondary N) is 2. The molecule has 1 aliphatic rings. The van der Waals surface area contributed by atoms with Crippen LogP contribution in [0.15, 0.2) is 55.2 Å². The third-order valence-corrected chi connectivity index (χ3v) is 6.36. The van der Waals surface area contributed by atoms with Gasteiger partial charge in [-0.2, -0.15) is 10.1 Å². The average Bonchev–Trinajstić information content (AvgIpc) is 3.48. The summed E-state index contributed by atoms with van der Waals surface area (Å²) < 4.78 is 1.63. The standard InChI is InChI=1S/C24H24N10O/c1-32-6-8-33(9-7-32)21-11-16(2-4-26-21)30-24-28-13-18-17(12-27-23(18)31-24)15-3-5-34-20(10-15)19(14-29-34)22(25)35/h2-5,10-14H,6-9H2,1H3,(H2,25,35)(H2,26,27,28,30,31). The van der Waals surface area contributed by atoms with E-state index in [9.17, 15) is 4.79 Å². The van der Waals surface area contributed by atoms with E-state index < -0.39 is 5.91 Å².